The molecule has 2 unspecified atom stereocenters. The van der Waals surface area contributed by atoms with Gasteiger partial charge in [-0.15, -0.1) is 0 Å². The molecule has 1 saturated carbocycles. The summed E-state index contributed by atoms with van der Waals surface area (Å²) in [6.07, 6.45) is 2.62. The molecule has 1 aliphatic heterocycles. The van der Waals surface area contributed by atoms with Gasteiger partial charge in [-0.2, -0.15) is 0 Å². The Kier molecular flexibility index (Phi) is 7.57. The van der Waals surface area contributed by atoms with Crippen molar-refractivity contribution in [1.82, 2.24) is 20.2 Å². The highest BCUT2D eigenvalue weighted by Gasteiger charge is 2.56. The summed E-state index contributed by atoms with van der Waals surface area (Å²) in [6, 6.07) is 3.90. The number of rotatable bonds is 8. The fourth-order valence-electron chi connectivity index (χ4n) is 5.04. The largest absolute Gasteiger partial charge is 0.451 e. The molecule has 9 nitrogen and oxygen atoms in total. The van der Waals surface area contributed by atoms with Gasteiger partial charge in [0.05, 0.1) is 11.8 Å². The summed E-state index contributed by atoms with van der Waals surface area (Å²) < 4.78 is 25.6. The number of hydrogen-bond acceptors (Lipinski definition) is 7. The van der Waals surface area contributed by atoms with Gasteiger partial charge in [-0.05, 0) is 77.5 Å². The monoisotopic (exact) mass is 513 g/mol. The van der Waals surface area contributed by atoms with E-state index in [0.29, 0.717) is 42.4 Å². The number of piperidine rings is 1. The number of nitrogens with one attached hydrogen (secondary N) is 1. The third-order valence-electron chi connectivity index (χ3n) is 6.83. The lowest BCUT2D eigenvalue weighted by molar-refractivity contribution is 0.0523. The SMILES string of the molecule is CCN(C(=O)c1cc(F)ccc1Oc1cncnc1N1CC2C(CNC(=O)OC(C)(C)C)C2C1)C(C)C. The Balaban J connectivity index is 1.44. The molecular formula is C27H36FN5O4. The fraction of sp³-hybridized carbons (Fsp3) is 0.556. The Bertz CT molecular complexity index is 1140. The van der Waals surface area contributed by atoms with Gasteiger partial charge in [0.15, 0.2) is 11.6 Å². The van der Waals surface area contributed by atoms with Crippen LogP contribution in [0, 0.1) is 23.6 Å². The summed E-state index contributed by atoms with van der Waals surface area (Å²) >= 11 is 0. The zero-order chi connectivity index (χ0) is 26.9. The summed E-state index contributed by atoms with van der Waals surface area (Å²) in [5.41, 5.74) is -0.370. The number of nitrogens with zero attached hydrogens (tertiary/aromatic N) is 4. The molecule has 1 aromatic heterocycles. The van der Waals surface area contributed by atoms with Crippen LogP contribution in [-0.4, -0.2) is 64.7 Å². The van der Waals surface area contributed by atoms with E-state index in [1.165, 1.54) is 24.5 Å². The molecule has 0 spiro atoms. The fourth-order valence-corrected chi connectivity index (χ4v) is 5.04. The Morgan fingerprint density at radius 2 is 1.92 bits per heavy atom. The first-order chi connectivity index (χ1) is 17.5. The normalized spacial score (nSPS) is 20.4. The third-order valence-corrected chi connectivity index (χ3v) is 6.83. The number of carbonyl (C=O) groups is 2. The van der Waals surface area contributed by atoms with Gasteiger partial charge in [-0.25, -0.2) is 19.2 Å². The number of anilines is 1. The summed E-state index contributed by atoms with van der Waals surface area (Å²) in [6.45, 7) is 13.8. The van der Waals surface area contributed by atoms with Crippen LogP contribution in [0.3, 0.4) is 0 Å². The number of hydrogen-bond donors (Lipinski definition) is 1. The van der Waals surface area contributed by atoms with Crippen molar-refractivity contribution in [3.8, 4) is 11.5 Å². The van der Waals surface area contributed by atoms with Gasteiger partial charge in [-0.1, -0.05) is 0 Å². The van der Waals surface area contributed by atoms with Gasteiger partial charge in [0.25, 0.3) is 5.91 Å². The Hall–Kier alpha value is -3.43. The molecule has 2 fully saturated rings. The van der Waals surface area contributed by atoms with Crippen molar-refractivity contribution in [2.24, 2.45) is 17.8 Å². The van der Waals surface area contributed by atoms with Crippen molar-refractivity contribution < 1.29 is 23.5 Å². The maximum atomic E-state index is 14.1. The van der Waals surface area contributed by atoms with Crippen LogP contribution in [0.25, 0.3) is 0 Å². The van der Waals surface area contributed by atoms with Gasteiger partial charge < -0.3 is 24.6 Å². The molecule has 10 heteroatoms. The van der Waals surface area contributed by atoms with Crippen LogP contribution in [0.5, 0.6) is 11.5 Å². The minimum absolute atomic E-state index is 0.0432. The lowest BCUT2D eigenvalue weighted by Gasteiger charge is -2.26. The quantitative estimate of drug-likeness (QED) is 0.556. The molecule has 1 N–H and O–H groups in total. The molecule has 2 heterocycles. The summed E-state index contributed by atoms with van der Waals surface area (Å²) in [4.78, 5) is 37.5. The second kappa shape index (κ2) is 10.5. The molecule has 2 amide bonds. The van der Waals surface area contributed by atoms with Gasteiger partial charge >= 0.3 is 6.09 Å². The number of carbonyl (C=O) groups excluding carboxylic acids is 2. The summed E-state index contributed by atoms with van der Waals surface area (Å²) in [5.74, 6) is 1.74. The minimum atomic E-state index is -0.525. The maximum absolute atomic E-state index is 14.1. The Morgan fingerprint density at radius 3 is 2.54 bits per heavy atom. The van der Waals surface area contributed by atoms with E-state index in [0.717, 1.165) is 13.1 Å². The molecule has 0 bridgehead atoms. The zero-order valence-electron chi connectivity index (χ0n) is 22.3. The lowest BCUT2D eigenvalue weighted by Crippen LogP contribution is -2.36. The standard InChI is InChI=1S/C27H36FN5O4/c1-7-33(16(2)3)25(34)18-10-17(28)8-9-22(18)36-23-12-29-15-31-24(23)32-13-20-19(21(20)14-32)11-30-26(35)37-27(4,5)6/h8-10,12,15-16,19-21H,7,11,13-14H2,1-6H3,(H,30,35). The number of amides is 2. The van der Waals surface area contributed by atoms with Crippen LogP contribution in [0.1, 0.15) is 51.9 Å². The van der Waals surface area contributed by atoms with E-state index in [4.69, 9.17) is 9.47 Å². The maximum Gasteiger partial charge on any atom is 0.407 e. The number of fused-ring (bicyclic) bond motifs is 1. The van der Waals surface area contributed by atoms with Crippen LogP contribution in [0.15, 0.2) is 30.7 Å². The van der Waals surface area contributed by atoms with E-state index in [2.05, 4.69) is 20.2 Å². The molecule has 4 rings (SSSR count). The van der Waals surface area contributed by atoms with E-state index in [1.807, 2.05) is 41.5 Å². The molecule has 1 aliphatic carbocycles. The summed E-state index contributed by atoms with van der Waals surface area (Å²) in [5, 5.41) is 2.87. The number of ether oxygens (including phenoxy) is 2. The molecule has 1 saturated heterocycles. The first-order valence-electron chi connectivity index (χ1n) is 12.8. The van der Waals surface area contributed by atoms with Crippen molar-refractivity contribution in [2.75, 3.05) is 31.1 Å². The first kappa shape index (κ1) is 26.6. The van der Waals surface area contributed by atoms with E-state index in [9.17, 15) is 14.0 Å². The molecular weight excluding hydrogens is 477 g/mol. The Labute approximate surface area is 217 Å². The van der Waals surface area contributed by atoms with Gasteiger partial charge in [0.2, 0.25) is 0 Å². The average Bonchev–Trinajstić information content (AvgIpc) is 3.26. The smallest absolute Gasteiger partial charge is 0.407 e. The molecule has 200 valence electrons. The van der Waals surface area contributed by atoms with E-state index >= 15 is 0 Å². The van der Waals surface area contributed by atoms with Crippen LogP contribution >= 0.6 is 0 Å². The second-order valence-corrected chi connectivity index (χ2v) is 10.9. The van der Waals surface area contributed by atoms with Crippen LogP contribution in [0.4, 0.5) is 15.0 Å². The number of halogens is 1. The summed E-state index contributed by atoms with van der Waals surface area (Å²) in [7, 11) is 0. The van der Waals surface area contributed by atoms with Gasteiger partial charge in [0, 0.05) is 32.2 Å². The van der Waals surface area contributed by atoms with E-state index in [1.54, 1.807) is 11.1 Å². The zero-order valence-corrected chi connectivity index (χ0v) is 22.3. The number of aromatic nitrogens is 2. The molecule has 2 aliphatic rings. The third kappa shape index (κ3) is 6.11. The molecule has 37 heavy (non-hydrogen) atoms. The molecule has 2 aromatic rings. The van der Waals surface area contributed by atoms with Crippen molar-refractivity contribution in [3.05, 3.63) is 42.1 Å². The van der Waals surface area contributed by atoms with Crippen molar-refractivity contribution >= 4 is 17.8 Å². The lowest BCUT2D eigenvalue weighted by atomic mass is 10.1. The highest BCUT2D eigenvalue weighted by Crippen LogP contribution is 2.53. The second-order valence-electron chi connectivity index (χ2n) is 10.9. The van der Waals surface area contributed by atoms with Gasteiger partial charge in [0.1, 0.15) is 23.5 Å². The molecule has 2 atom stereocenters. The predicted molar refractivity (Wildman–Crippen MR) is 137 cm³/mol. The number of alkyl carbamates (subject to hydrolysis) is 1. The topological polar surface area (TPSA) is 96.9 Å². The van der Waals surface area contributed by atoms with Crippen LogP contribution in [0.2, 0.25) is 0 Å². The predicted octanol–water partition coefficient (Wildman–Crippen LogP) is 4.49. The number of benzene rings is 1. The average molecular weight is 514 g/mol. The minimum Gasteiger partial charge on any atom is -0.451 e. The van der Waals surface area contributed by atoms with E-state index < -0.39 is 17.5 Å². The molecule has 0 radical (unpaired) electrons. The highest BCUT2D eigenvalue weighted by molar-refractivity contribution is 5.97. The Morgan fingerprint density at radius 1 is 1.22 bits per heavy atom. The van der Waals surface area contributed by atoms with Crippen molar-refractivity contribution in [2.45, 2.75) is 53.2 Å². The highest BCUT2D eigenvalue weighted by atomic mass is 19.1. The van der Waals surface area contributed by atoms with Crippen LogP contribution in [-0.2, 0) is 4.74 Å². The van der Waals surface area contributed by atoms with E-state index in [-0.39, 0.29) is 23.3 Å². The van der Waals surface area contributed by atoms with Crippen LogP contribution < -0.4 is 15.0 Å². The van der Waals surface area contributed by atoms with Crippen molar-refractivity contribution in [3.63, 3.8) is 0 Å². The van der Waals surface area contributed by atoms with Crippen molar-refractivity contribution in [1.29, 1.82) is 0 Å². The molecule has 1 aromatic carbocycles. The first-order valence-corrected chi connectivity index (χ1v) is 12.8. The van der Waals surface area contributed by atoms with Gasteiger partial charge in [-0.3, -0.25) is 4.79 Å².